The molecule has 0 bridgehead atoms. The number of anilines is 2. The van der Waals surface area contributed by atoms with E-state index in [2.05, 4.69) is 28.8 Å². The van der Waals surface area contributed by atoms with Crippen molar-refractivity contribution >= 4 is 17.4 Å². The number of benzene rings is 1. The molecule has 1 atom stereocenters. The highest BCUT2D eigenvalue weighted by Gasteiger charge is 2.42. The van der Waals surface area contributed by atoms with Gasteiger partial charge < -0.3 is 15.4 Å². The zero-order valence-corrected chi connectivity index (χ0v) is 14.4. The number of ether oxygens (including phenoxy) is 1. The number of urea groups is 1. The minimum Gasteiger partial charge on any atom is -0.382 e. The van der Waals surface area contributed by atoms with Crippen LogP contribution in [0.5, 0.6) is 0 Å². The highest BCUT2D eigenvalue weighted by Crippen LogP contribution is 2.43. The van der Waals surface area contributed by atoms with Gasteiger partial charge in [0.2, 0.25) is 0 Å². The Morgan fingerprint density at radius 2 is 2.29 bits per heavy atom. The number of carbonyl (C=O) groups is 1. The van der Waals surface area contributed by atoms with Crippen LogP contribution < -0.4 is 15.5 Å². The highest BCUT2D eigenvalue weighted by molar-refractivity contribution is 5.94. The molecule has 5 heteroatoms. The zero-order chi connectivity index (χ0) is 16.6. The summed E-state index contributed by atoms with van der Waals surface area (Å²) in [5, 5.41) is 6.59. The highest BCUT2D eigenvalue weighted by atomic mass is 16.5. The van der Waals surface area contributed by atoms with Gasteiger partial charge in [-0.2, -0.15) is 0 Å². The first-order valence-corrected chi connectivity index (χ1v) is 9.28. The lowest BCUT2D eigenvalue weighted by Gasteiger charge is -2.47. The van der Waals surface area contributed by atoms with Gasteiger partial charge in [0.15, 0.2) is 0 Å². The molecule has 1 saturated carbocycles. The second-order valence-corrected chi connectivity index (χ2v) is 7.30. The molecule has 1 aliphatic carbocycles. The Labute approximate surface area is 143 Å². The van der Waals surface area contributed by atoms with E-state index < -0.39 is 0 Å². The van der Waals surface area contributed by atoms with Crippen LogP contribution in [0.15, 0.2) is 18.2 Å². The molecular formula is C19H27N3O2. The Kier molecular flexibility index (Phi) is 4.12. The number of fused-ring (bicyclic) bond motifs is 1. The Hall–Kier alpha value is -1.75. The molecule has 5 nitrogen and oxygen atoms in total. The van der Waals surface area contributed by atoms with E-state index in [4.69, 9.17) is 4.74 Å². The standard InChI is InChI=1S/C19H27N3O2/c1-2-20-18(23)22-10-6-14-4-5-15(12-17(14)22)21-16-7-11-24-19(13-16)8-3-9-19/h4-5,12,16,21H,2-3,6-11,13H2,1H3,(H,20,23). The van der Waals surface area contributed by atoms with Crippen molar-refractivity contribution in [3.05, 3.63) is 23.8 Å². The van der Waals surface area contributed by atoms with Crippen LogP contribution in [-0.2, 0) is 11.2 Å². The van der Waals surface area contributed by atoms with E-state index in [1.165, 1.54) is 24.8 Å². The summed E-state index contributed by atoms with van der Waals surface area (Å²) in [7, 11) is 0. The van der Waals surface area contributed by atoms with Gasteiger partial charge in [-0.3, -0.25) is 4.90 Å². The molecule has 3 aliphatic rings. The average Bonchev–Trinajstić information content (AvgIpc) is 2.97. The summed E-state index contributed by atoms with van der Waals surface area (Å²) in [6.07, 6.45) is 6.81. The molecule has 1 spiro atoms. The normalized spacial score (nSPS) is 24.4. The summed E-state index contributed by atoms with van der Waals surface area (Å²) in [5.74, 6) is 0. The smallest absolute Gasteiger partial charge is 0.321 e. The maximum absolute atomic E-state index is 12.2. The van der Waals surface area contributed by atoms with Crippen LogP contribution in [0.3, 0.4) is 0 Å². The molecule has 4 rings (SSSR count). The largest absolute Gasteiger partial charge is 0.382 e. The molecule has 2 heterocycles. The number of nitrogens with one attached hydrogen (secondary N) is 2. The van der Waals surface area contributed by atoms with Gasteiger partial charge in [0.25, 0.3) is 0 Å². The number of amides is 2. The van der Waals surface area contributed by atoms with Gasteiger partial charge in [-0.1, -0.05) is 6.07 Å². The van der Waals surface area contributed by atoms with Crippen LogP contribution in [0, 0.1) is 0 Å². The first kappa shape index (κ1) is 15.8. The Balaban J connectivity index is 1.47. The molecule has 24 heavy (non-hydrogen) atoms. The second-order valence-electron chi connectivity index (χ2n) is 7.30. The van der Waals surface area contributed by atoms with Crippen LogP contribution >= 0.6 is 0 Å². The van der Waals surface area contributed by atoms with E-state index in [-0.39, 0.29) is 11.6 Å². The van der Waals surface area contributed by atoms with E-state index >= 15 is 0 Å². The van der Waals surface area contributed by atoms with Crippen molar-refractivity contribution in [2.75, 3.05) is 29.9 Å². The minimum absolute atomic E-state index is 0.00730. The van der Waals surface area contributed by atoms with Crippen molar-refractivity contribution in [3.63, 3.8) is 0 Å². The number of carbonyl (C=O) groups excluding carboxylic acids is 1. The van der Waals surface area contributed by atoms with Crippen molar-refractivity contribution in [2.45, 2.75) is 57.1 Å². The molecule has 2 fully saturated rings. The third-order valence-electron chi connectivity index (χ3n) is 5.68. The molecule has 2 aliphatic heterocycles. The molecule has 130 valence electrons. The fourth-order valence-corrected chi connectivity index (χ4v) is 4.23. The summed E-state index contributed by atoms with van der Waals surface area (Å²) < 4.78 is 6.02. The quantitative estimate of drug-likeness (QED) is 0.895. The van der Waals surface area contributed by atoms with Crippen LogP contribution in [0.1, 0.15) is 44.6 Å². The maximum atomic E-state index is 12.2. The van der Waals surface area contributed by atoms with Gasteiger partial charge in [0, 0.05) is 31.4 Å². The van der Waals surface area contributed by atoms with Crippen molar-refractivity contribution < 1.29 is 9.53 Å². The van der Waals surface area contributed by atoms with Crippen molar-refractivity contribution in [1.82, 2.24) is 5.32 Å². The maximum Gasteiger partial charge on any atom is 0.321 e. The molecule has 1 aromatic carbocycles. The third-order valence-corrected chi connectivity index (χ3v) is 5.68. The van der Waals surface area contributed by atoms with Gasteiger partial charge >= 0.3 is 6.03 Å². The van der Waals surface area contributed by atoms with Crippen LogP contribution in [0.4, 0.5) is 16.2 Å². The van der Waals surface area contributed by atoms with E-state index in [1.807, 2.05) is 11.8 Å². The summed E-state index contributed by atoms with van der Waals surface area (Å²) >= 11 is 0. The van der Waals surface area contributed by atoms with Gasteiger partial charge in [-0.25, -0.2) is 4.79 Å². The van der Waals surface area contributed by atoms with Gasteiger partial charge in [-0.15, -0.1) is 0 Å². The first-order valence-electron chi connectivity index (χ1n) is 9.28. The molecule has 1 aromatic rings. The van der Waals surface area contributed by atoms with Gasteiger partial charge in [0.1, 0.15) is 0 Å². The van der Waals surface area contributed by atoms with Crippen LogP contribution in [0.2, 0.25) is 0 Å². The summed E-state index contributed by atoms with van der Waals surface area (Å²) in [4.78, 5) is 14.1. The van der Waals surface area contributed by atoms with Gasteiger partial charge in [0.05, 0.1) is 11.3 Å². The molecule has 1 unspecified atom stereocenters. The lowest BCUT2D eigenvalue weighted by Crippen LogP contribution is -2.49. The molecule has 1 saturated heterocycles. The minimum atomic E-state index is 0.00730. The Morgan fingerprint density at radius 3 is 3.04 bits per heavy atom. The number of hydrogen-bond acceptors (Lipinski definition) is 3. The molecule has 0 radical (unpaired) electrons. The van der Waals surface area contributed by atoms with Gasteiger partial charge in [-0.05, 0) is 63.1 Å². The second kappa shape index (κ2) is 6.28. The van der Waals surface area contributed by atoms with Crippen molar-refractivity contribution in [2.24, 2.45) is 0 Å². The lowest BCUT2D eigenvalue weighted by molar-refractivity contribution is -0.130. The summed E-state index contributed by atoms with van der Waals surface area (Å²) in [5.41, 5.74) is 3.58. The number of rotatable bonds is 3. The Morgan fingerprint density at radius 1 is 1.42 bits per heavy atom. The van der Waals surface area contributed by atoms with Crippen LogP contribution in [-0.4, -0.2) is 37.4 Å². The van der Waals surface area contributed by atoms with E-state index in [0.29, 0.717) is 12.6 Å². The van der Waals surface area contributed by atoms with E-state index in [9.17, 15) is 4.79 Å². The molecule has 2 N–H and O–H groups in total. The fourth-order valence-electron chi connectivity index (χ4n) is 4.23. The predicted octanol–water partition coefficient (Wildman–Crippen LogP) is 3.29. The summed E-state index contributed by atoms with van der Waals surface area (Å²) in [6.45, 7) is 4.24. The average molecular weight is 329 g/mol. The SMILES string of the molecule is CCNC(=O)N1CCc2ccc(NC3CCOC4(CCC4)C3)cc21. The molecular weight excluding hydrogens is 302 g/mol. The predicted molar refractivity (Wildman–Crippen MR) is 95.7 cm³/mol. The third kappa shape index (κ3) is 2.86. The first-order chi connectivity index (χ1) is 11.7. The Bertz CT molecular complexity index is 627. The number of nitrogens with zero attached hydrogens (tertiary/aromatic N) is 1. The van der Waals surface area contributed by atoms with Crippen LogP contribution in [0.25, 0.3) is 0 Å². The number of hydrogen-bond donors (Lipinski definition) is 2. The topological polar surface area (TPSA) is 53.6 Å². The lowest BCUT2D eigenvalue weighted by atomic mass is 9.74. The van der Waals surface area contributed by atoms with Crippen molar-refractivity contribution in [1.29, 1.82) is 0 Å². The monoisotopic (exact) mass is 329 g/mol. The van der Waals surface area contributed by atoms with E-state index in [0.717, 1.165) is 43.8 Å². The molecule has 0 aromatic heterocycles. The van der Waals surface area contributed by atoms with E-state index in [1.54, 1.807) is 0 Å². The fraction of sp³-hybridized carbons (Fsp3) is 0.632. The zero-order valence-electron chi connectivity index (χ0n) is 14.4. The molecule has 2 amide bonds. The summed E-state index contributed by atoms with van der Waals surface area (Å²) in [6, 6.07) is 6.93. The van der Waals surface area contributed by atoms with Crippen molar-refractivity contribution in [3.8, 4) is 0 Å².